The molecule has 0 saturated heterocycles. The fourth-order valence-corrected chi connectivity index (χ4v) is 4.92. The number of aromatic nitrogens is 2. The molecule has 3 aromatic rings. The van der Waals surface area contributed by atoms with Gasteiger partial charge in [0, 0.05) is 44.1 Å². The zero-order valence-corrected chi connectivity index (χ0v) is 18.9. The van der Waals surface area contributed by atoms with Crippen LogP contribution in [0, 0.1) is 25.2 Å². The summed E-state index contributed by atoms with van der Waals surface area (Å²) in [5.74, 6) is 0.323. The molecule has 0 amide bonds. The van der Waals surface area contributed by atoms with E-state index in [1.807, 2.05) is 13.0 Å². The van der Waals surface area contributed by atoms with Crippen LogP contribution < -0.4 is 4.90 Å². The van der Waals surface area contributed by atoms with Crippen LogP contribution in [0.1, 0.15) is 47.8 Å². The van der Waals surface area contributed by atoms with Gasteiger partial charge in [-0.2, -0.15) is 5.26 Å². The standard InChI is InChI=1S/C26H28N4O2/c1-18-19(2)30(11-6-10-26(3)31-13-14-32-26)24-23(18)15-22(16-27)28-25(24)29-12-9-20-7-4-5-8-21(20)17-29/h4-5,7-8,13-15H,6,9-12,17H2,1-3H3. The normalized spacial score (nSPS) is 16.5. The van der Waals surface area contributed by atoms with Crippen molar-refractivity contribution in [2.45, 2.75) is 58.9 Å². The lowest BCUT2D eigenvalue weighted by Crippen LogP contribution is -2.31. The summed E-state index contributed by atoms with van der Waals surface area (Å²) in [6, 6.07) is 12.8. The first kappa shape index (κ1) is 20.4. The van der Waals surface area contributed by atoms with E-state index in [-0.39, 0.29) is 0 Å². The van der Waals surface area contributed by atoms with E-state index in [0.29, 0.717) is 5.69 Å². The minimum atomic E-state index is -0.586. The Kier molecular flexibility index (Phi) is 5.05. The van der Waals surface area contributed by atoms with Gasteiger partial charge < -0.3 is 18.9 Å². The van der Waals surface area contributed by atoms with Gasteiger partial charge in [0.25, 0.3) is 0 Å². The van der Waals surface area contributed by atoms with Gasteiger partial charge in [-0.25, -0.2) is 4.98 Å². The molecular weight excluding hydrogens is 400 g/mol. The average Bonchev–Trinajstić information content (AvgIpc) is 3.35. The first-order valence-electron chi connectivity index (χ1n) is 11.2. The molecule has 0 radical (unpaired) electrons. The lowest BCUT2D eigenvalue weighted by atomic mass is 10.00. The Labute approximate surface area is 188 Å². The minimum absolute atomic E-state index is 0.470. The third-order valence-electron chi connectivity index (χ3n) is 6.84. The summed E-state index contributed by atoms with van der Waals surface area (Å²) >= 11 is 0. The first-order valence-corrected chi connectivity index (χ1v) is 11.2. The molecule has 0 atom stereocenters. The van der Waals surface area contributed by atoms with Crippen molar-refractivity contribution in [3.63, 3.8) is 0 Å². The molecule has 4 heterocycles. The van der Waals surface area contributed by atoms with Crippen LogP contribution in [0.4, 0.5) is 5.82 Å². The molecular formula is C26H28N4O2. The summed E-state index contributed by atoms with van der Waals surface area (Å²) in [6.07, 6.45) is 5.90. The molecule has 2 aromatic heterocycles. The van der Waals surface area contributed by atoms with Gasteiger partial charge in [0.15, 0.2) is 5.82 Å². The van der Waals surface area contributed by atoms with Crippen molar-refractivity contribution >= 4 is 16.7 Å². The predicted octanol–water partition coefficient (Wildman–Crippen LogP) is 5.10. The molecule has 2 aliphatic heterocycles. The highest BCUT2D eigenvalue weighted by Crippen LogP contribution is 2.35. The highest BCUT2D eigenvalue weighted by molar-refractivity contribution is 5.94. The molecule has 6 nitrogen and oxygen atoms in total. The fourth-order valence-electron chi connectivity index (χ4n) is 4.92. The van der Waals surface area contributed by atoms with Gasteiger partial charge in [0.1, 0.15) is 24.3 Å². The molecule has 0 N–H and O–H groups in total. The van der Waals surface area contributed by atoms with E-state index in [9.17, 15) is 5.26 Å². The largest absolute Gasteiger partial charge is 0.457 e. The van der Waals surface area contributed by atoms with Gasteiger partial charge in [-0.1, -0.05) is 24.3 Å². The Bertz CT molecular complexity index is 1240. The number of hydrogen-bond acceptors (Lipinski definition) is 5. The van der Waals surface area contributed by atoms with Gasteiger partial charge in [0.2, 0.25) is 5.79 Å². The van der Waals surface area contributed by atoms with Crippen LogP contribution in [-0.2, 0) is 29.0 Å². The average molecular weight is 429 g/mol. The number of anilines is 1. The summed E-state index contributed by atoms with van der Waals surface area (Å²) in [6.45, 7) is 8.80. The molecule has 6 heteroatoms. The smallest absolute Gasteiger partial charge is 0.247 e. The topological polar surface area (TPSA) is 63.3 Å². The van der Waals surface area contributed by atoms with E-state index >= 15 is 0 Å². The monoisotopic (exact) mass is 428 g/mol. The van der Waals surface area contributed by atoms with Crippen molar-refractivity contribution in [3.05, 3.63) is 70.9 Å². The summed E-state index contributed by atoms with van der Waals surface area (Å²) in [5.41, 5.74) is 6.75. The van der Waals surface area contributed by atoms with Crippen LogP contribution in [0.15, 0.2) is 42.9 Å². The van der Waals surface area contributed by atoms with Crippen molar-refractivity contribution in [2.75, 3.05) is 11.4 Å². The van der Waals surface area contributed by atoms with Crippen molar-refractivity contribution in [1.29, 1.82) is 5.26 Å². The Morgan fingerprint density at radius 3 is 2.66 bits per heavy atom. The lowest BCUT2D eigenvalue weighted by molar-refractivity contribution is -0.131. The predicted molar refractivity (Wildman–Crippen MR) is 124 cm³/mol. The number of aryl methyl sites for hydroxylation is 2. The van der Waals surface area contributed by atoms with Crippen molar-refractivity contribution < 1.29 is 9.47 Å². The van der Waals surface area contributed by atoms with Gasteiger partial charge >= 0.3 is 0 Å². The Balaban J connectivity index is 1.53. The summed E-state index contributed by atoms with van der Waals surface area (Å²) in [5, 5.41) is 10.8. The van der Waals surface area contributed by atoms with Crippen molar-refractivity contribution in [1.82, 2.24) is 9.55 Å². The van der Waals surface area contributed by atoms with Crippen LogP contribution in [0.2, 0.25) is 0 Å². The molecule has 0 unspecified atom stereocenters. The zero-order valence-electron chi connectivity index (χ0n) is 18.9. The Hall–Kier alpha value is -3.46. The maximum Gasteiger partial charge on any atom is 0.247 e. The lowest BCUT2D eigenvalue weighted by Gasteiger charge is -2.31. The van der Waals surface area contributed by atoms with Crippen LogP contribution in [0.5, 0.6) is 0 Å². The van der Waals surface area contributed by atoms with E-state index in [1.54, 1.807) is 12.5 Å². The third kappa shape index (κ3) is 3.48. The molecule has 0 spiro atoms. The van der Waals surface area contributed by atoms with E-state index in [2.05, 4.69) is 53.6 Å². The Morgan fingerprint density at radius 2 is 1.91 bits per heavy atom. The number of rotatable bonds is 5. The first-order chi connectivity index (χ1) is 15.5. The molecule has 0 aliphatic carbocycles. The van der Waals surface area contributed by atoms with E-state index < -0.39 is 5.79 Å². The second kappa shape index (κ2) is 7.90. The zero-order chi connectivity index (χ0) is 22.3. The second-order valence-corrected chi connectivity index (χ2v) is 8.89. The molecule has 0 bridgehead atoms. The summed E-state index contributed by atoms with van der Waals surface area (Å²) < 4.78 is 13.6. The number of hydrogen-bond donors (Lipinski definition) is 0. The number of nitriles is 1. The van der Waals surface area contributed by atoms with Crippen LogP contribution in [-0.4, -0.2) is 21.9 Å². The quantitative estimate of drug-likeness (QED) is 0.566. The SMILES string of the molecule is Cc1c(C)n(CCCC2(C)OC=CO2)c2c(N3CCc4ccccc4C3)nc(C#N)cc12. The van der Waals surface area contributed by atoms with E-state index in [1.165, 1.54) is 22.4 Å². The van der Waals surface area contributed by atoms with Gasteiger partial charge in [-0.3, -0.25) is 0 Å². The number of nitrogens with zero attached hydrogens (tertiary/aromatic N) is 4. The Morgan fingerprint density at radius 1 is 1.16 bits per heavy atom. The molecule has 1 aromatic carbocycles. The fraction of sp³-hybridized carbons (Fsp3) is 0.385. The number of pyridine rings is 1. The van der Waals surface area contributed by atoms with E-state index in [0.717, 1.165) is 55.6 Å². The molecule has 0 saturated carbocycles. The number of ether oxygens (including phenoxy) is 2. The second-order valence-electron chi connectivity index (χ2n) is 8.89. The molecule has 2 aliphatic rings. The molecule has 164 valence electrons. The van der Waals surface area contributed by atoms with Crippen LogP contribution in [0.25, 0.3) is 10.9 Å². The number of benzene rings is 1. The molecule has 32 heavy (non-hydrogen) atoms. The maximum absolute atomic E-state index is 9.66. The van der Waals surface area contributed by atoms with E-state index in [4.69, 9.17) is 14.5 Å². The van der Waals surface area contributed by atoms with Crippen molar-refractivity contribution in [3.8, 4) is 6.07 Å². The van der Waals surface area contributed by atoms with Gasteiger partial charge in [-0.05, 0) is 49.4 Å². The molecule has 5 rings (SSSR count). The molecule has 0 fully saturated rings. The van der Waals surface area contributed by atoms with Crippen LogP contribution >= 0.6 is 0 Å². The number of fused-ring (bicyclic) bond motifs is 2. The maximum atomic E-state index is 9.66. The van der Waals surface area contributed by atoms with Crippen molar-refractivity contribution in [2.24, 2.45) is 0 Å². The highest BCUT2D eigenvalue weighted by atomic mass is 16.7. The van der Waals surface area contributed by atoms with Gasteiger partial charge in [-0.15, -0.1) is 0 Å². The summed E-state index contributed by atoms with van der Waals surface area (Å²) in [7, 11) is 0. The highest BCUT2D eigenvalue weighted by Gasteiger charge is 2.29. The van der Waals surface area contributed by atoms with Gasteiger partial charge in [0.05, 0.1) is 5.52 Å². The third-order valence-corrected chi connectivity index (χ3v) is 6.84. The minimum Gasteiger partial charge on any atom is -0.457 e. The van der Waals surface area contributed by atoms with Crippen LogP contribution in [0.3, 0.4) is 0 Å². The summed E-state index contributed by atoms with van der Waals surface area (Å²) in [4.78, 5) is 7.14.